The van der Waals surface area contributed by atoms with Gasteiger partial charge in [-0.25, -0.2) is 4.79 Å². The number of alkyl carbamates (subject to hydrolysis) is 1. The highest BCUT2D eigenvalue weighted by Crippen LogP contribution is 2.15. The number of hydrogen-bond acceptors (Lipinski definition) is 3. The smallest absolute Gasteiger partial charge is 0.407 e. The third-order valence-electron chi connectivity index (χ3n) is 1.83. The van der Waals surface area contributed by atoms with Gasteiger partial charge in [0.1, 0.15) is 12.1 Å². The van der Waals surface area contributed by atoms with Gasteiger partial charge < -0.3 is 15.2 Å². The van der Waals surface area contributed by atoms with Crippen LogP contribution in [0.25, 0.3) is 0 Å². The fraction of sp³-hybridized carbons (Fsp3) is 0.833. The van der Waals surface area contributed by atoms with E-state index in [2.05, 4.69) is 10.1 Å². The first-order chi connectivity index (χ1) is 4.72. The van der Waals surface area contributed by atoms with Gasteiger partial charge in [0.15, 0.2) is 0 Å². The van der Waals surface area contributed by atoms with Crippen LogP contribution in [0.4, 0.5) is 4.79 Å². The van der Waals surface area contributed by atoms with E-state index >= 15 is 0 Å². The Morgan fingerprint density at radius 3 is 2.80 bits per heavy atom. The maximum absolute atomic E-state index is 10.5. The van der Waals surface area contributed by atoms with Gasteiger partial charge in [-0.1, -0.05) is 6.92 Å². The molecular formula is C6H11NO3. The molecule has 1 amide bonds. The molecule has 1 aliphatic rings. The summed E-state index contributed by atoms with van der Waals surface area (Å²) < 4.78 is 4.64. The van der Waals surface area contributed by atoms with Gasteiger partial charge in [-0.3, -0.25) is 0 Å². The lowest BCUT2D eigenvalue weighted by atomic mass is 10.0. The summed E-state index contributed by atoms with van der Waals surface area (Å²) in [5.74, 6) is 0. The van der Waals surface area contributed by atoms with Crippen LogP contribution in [0.1, 0.15) is 13.3 Å². The lowest BCUT2D eigenvalue weighted by molar-refractivity contribution is 0.143. The lowest BCUT2D eigenvalue weighted by Crippen LogP contribution is -2.46. The van der Waals surface area contributed by atoms with E-state index in [-0.39, 0.29) is 13.2 Å². The number of hydrogen-bond donors (Lipinski definition) is 2. The molecule has 1 saturated heterocycles. The van der Waals surface area contributed by atoms with Crippen molar-refractivity contribution in [3.05, 3.63) is 0 Å². The average Bonchev–Trinajstić information content (AvgIpc) is 2.33. The summed E-state index contributed by atoms with van der Waals surface area (Å²) >= 11 is 0. The Morgan fingerprint density at radius 1 is 1.90 bits per heavy atom. The molecule has 0 spiro atoms. The SMILES string of the molecule is CC[C@]1(CO)COC(=O)N1. The van der Waals surface area contributed by atoms with E-state index < -0.39 is 11.6 Å². The first-order valence-corrected chi connectivity index (χ1v) is 3.28. The molecule has 58 valence electrons. The second-order valence-electron chi connectivity index (χ2n) is 2.49. The topological polar surface area (TPSA) is 58.6 Å². The van der Waals surface area contributed by atoms with Crippen LogP contribution in [-0.4, -0.2) is 30.0 Å². The normalized spacial score (nSPS) is 31.6. The summed E-state index contributed by atoms with van der Waals surface area (Å²) in [6, 6.07) is 0. The standard InChI is InChI=1S/C6H11NO3/c1-2-6(3-8)4-10-5(9)7-6/h8H,2-4H2,1H3,(H,7,9)/t6-/m0/s1. The monoisotopic (exact) mass is 145 g/mol. The highest BCUT2D eigenvalue weighted by atomic mass is 16.6. The summed E-state index contributed by atoms with van der Waals surface area (Å²) in [5.41, 5.74) is -0.517. The molecule has 1 heterocycles. The molecular weight excluding hydrogens is 134 g/mol. The fourth-order valence-electron chi connectivity index (χ4n) is 0.880. The number of carbonyl (C=O) groups is 1. The van der Waals surface area contributed by atoms with Crippen molar-refractivity contribution in [2.45, 2.75) is 18.9 Å². The van der Waals surface area contributed by atoms with Crippen molar-refractivity contribution in [1.82, 2.24) is 5.32 Å². The zero-order valence-electron chi connectivity index (χ0n) is 5.89. The molecule has 1 fully saturated rings. The quantitative estimate of drug-likeness (QED) is 0.569. The van der Waals surface area contributed by atoms with Gasteiger partial charge in [-0.2, -0.15) is 0 Å². The Labute approximate surface area is 59.2 Å². The van der Waals surface area contributed by atoms with E-state index in [0.29, 0.717) is 6.42 Å². The van der Waals surface area contributed by atoms with Gasteiger partial charge in [0.05, 0.1) is 6.61 Å². The molecule has 0 aromatic carbocycles. The summed E-state index contributed by atoms with van der Waals surface area (Å²) in [7, 11) is 0. The van der Waals surface area contributed by atoms with Crippen LogP contribution in [0.5, 0.6) is 0 Å². The molecule has 1 rings (SSSR count). The predicted molar refractivity (Wildman–Crippen MR) is 34.6 cm³/mol. The third kappa shape index (κ3) is 1.07. The first kappa shape index (κ1) is 7.34. The molecule has 4 heteroatoms. The molecule has 4 nitrogen and oxygen atoms in total. The number of carbonyl (C=O) groups excluding carboxylic acids is 1. The Kier molecular flexibility index (Phi) is 1.80. The van der Waals surface area contributed by atoms with Gasteiger partial charge in [0.2, 0.25) is 0 Å². The molecule has 0 aromatic heterocycles. The van der Waals surface area contributed by atoms with Crippen LogP contribution >= 0.6 is 0 Å². The van der Waals surface area contributed by atoms with Gasteiger partial charge >= 0.3 is 6.09 Å². The lowest BCUT2D eigenvalue weighted by Gasteiger charge is -2.20. The molecule has 0 bridgehead atoms. The molecule has 0 unspecified atom stereocenters. The summed E-state index contributed by atoms with van der Waals surface area (Å²) in [4.78, 5) is 10.5. The molecule has 10 heavy (non-hydrogen) atoms. The van der Waals surface area contributed by atoms with Gasteiger partial charge in [-0.05, 0) is 6.42 Å². The summed E-state index contributed by atoms with van der Waals surface area (Å²) in [6.45, 7) is 2.11. The van der Waals surface area contributed by atoms with Gasteiger partial charge in [0, 0.05) is 0 Å². The van der Waals surface area contributed by atoms with Crippen molar-refractivity contribution in [2.75, 3.05) is 13.2 Å². The molecule has 0 aliphatic carbocycles. The number of amides is 1. The Balaban J connectivity index is 2.59. The van der Waals surface area contributed by atoms with Gasteiger partial charge in [0.25, 0.3) is 0 Å². The molecule has 1 aliphatic heterocycles. The molecule has 0 saturated carbocycles. The number of rotatable bonds is 2. The predicted octanol–water partition coefficient (Wildman–Crippen LogP) is -0.133. The van der Waals surface area contributed by atoms with Crippen molar-refractivity contribution < 1.29 is 14.6 Å². The second-order valence-corrected chi connectivity index (χ2v) is 2.49. The number of nitrogens with one attached hydrogen (secondary N) is 1. The van der Waals surface area contributed by atoms with Crippen molar-refractivity contribution in [3.8, 4) is 0 Å². The maximum Gasteiger partial charge on any atom is 0.407 e. The number of aliphatic hydroxyl groups is 1. The minimum absolute atomic E-state index is 0.0603. The van der Waals surface area contributed by atoms with Crippen LogP contribution in [0.15, 0.2) is 0 Å². The van der Waals surface area contributed by atoms with Crippen molar-refractivity contribution >= 4 is 6.09 Å². The van der Waals surface area contributed by atoms with Crippen molar-refractivity contribution in [2.24, 2.45) is 0 Å². The van der Waals surface area contributed by atoms with Crippen LogP contribution in [0.2, 0.25) is 0 Å². The minimum Gasteiger partial charge on any atom is -0.447 e. The Morgan fingerprint density at radius 2 is 2.60 bits per heavy atom. The summed E-state index contributed by atoms with van der Waals surface area (Å²) in [6.07, 6.45) is 0.255. The highest BCUT2D eigenvalue weighted by Gasteiger charge is 2.36. The van der Waals surface area contributed by atoms with Crippen LogP contribution in [0, 0.1) is 0 Å². The van der Waals surface area contributed by atoms with E-state index in [1.807, 2.05) is 6.92 Å². The Hall–Kier alpha value is -0.770. The van der Waals surface area contributed by atoms with E-state index in [1.54, 1.807) is 0 Å². The Bertz CT molecular complexity index is 142. The van der Waals surface area contributed by atoms with Crippen LogP contribution < -0.4 is 5.32 Å². The van der Waals surface area contributed by atoms with Crippen molar-refractivity contribution in [1.29, 1.82) is 0 Å². The van der Waals surface area contributed by atoms with E-state index in [0.717, 1.165) is 0 Å². The minimum atomic E-state index is -0.517. The number of ether oxygens (including phenoxy) is 1. The third-order valence-corrected chi connectivity index (χ3v) is 1.83. The van der Waals surface area contributed by atoms with Crippen molar-refractivity contribution in [3.63, 3.8) is 0 Å². The molecule has 0 radical (unpaired) electrons. The highest BCUT2D eigenvalue weighted by molar-refractivity contribution is 5.70. The largest absolute Gasteiger partial charge is 0.447 e. The fourth-order valence-corrected chi connectivity index (χ4v) is 0.880. The summed E-state index contributed by atoms with van der Waals surface area (Å²) in [5, 5.41) is 11.4. The van der Waals surface area contributed by atoms with Crippen LogP contribution in [0.3, 0.4) is 0 Å². The first-order valence-electron chi connectivity index (χ1n) is 3.28. The number of cyclic esters (lactones) is 1. The van der Waals surface area contributed by atoms with E-state index in [1.165, 1.54) is 0 Å². The molecule has 2 N–H and O–H groups in total. The maximum atomic E-state index is 10.5. The average molecular weight is 145 g/mol. The molecule has 1 atom stereocenters. The van der Waals surface area contributed by atoms with E-state index in [9.17, 15) is 4.79 Å². The zero-order valence-corrected chi connectivity index (χ0v) is 5.89. The number of aliphatic hydroxyl groups excluding tert-OH is 1. The molecule has 0 aromatic rings. The van der Waals surface area contributed by atoms with Gasteiger partial charge in [-0.15, -0.1) is 0 Å². The zero-order chi connectivity index (χ0) is 7.61. The van der Waals surface area contributed by atoms with Crippen LogP contribution in [-0.2, 0) is 4.74 Å². The van der Waals surface area contributed by atoms with E-state index in [4.69, 9.17) is 5.11 Å². The second kappa shape index (κ2) is 2.46.